The molecule has 1 N–H and O–H groups in total. The first-order valence-corrected chi connectivity index (χ1v) is 6.84. The Kier molecular flexibility index (Phi) is 3.63. The van der Waals surface area contributed by atoms with E-state index in [1.54, 1.807) is 11.3 Å². The van der Waals surface area contributed by atoms with Crippen LogP contribution in [-0.4, -0.2) is 11.2 Å². The molecule has 1 aliphatic rings. The van der Waals surface area contributed by atoms with Gasteiger partial charge in [-0.3, -0.25) is 0 Å². The smallest absolute Gasteiger partial charge is 0.0616 e. The molecule has 0 amide bonds. The lowest BCUT2D eigenvalue weighted by Gasteiger charge is -2.16. The second-order valence-electron chi connectivity index (χ2n) is 4.01. The van der Waals surface area contributed by atoms with Gasteiger partial charge in [0, 0.05) is 15.8 Å². The Morgan fingerprint density at radius 3 is 2.79 bits per heavy atom. The number of halogens is 1. The van der Waals surface area contributed by atoms with Crippen molar-refractivity contribution in [2.24, 2.45) is 5.92 Å². The number of hydrogen-bond acceptors (Lipinski definition) is 2. The summed E-state index contributed by atoms with van der Waals surface area (Å²) in [5.41, 5.74) is 0. The lowest BCUT2D eigenvalue weighted by atomic mass is 9.98. The van der Waals surface area contributed by atoms with Crippen LogP contribution in [0.3, 0.4) is 0 Å². The van der Waals surface area contributed by atoms with Crippen LogP contribution in [-0.2, 0) is 6.42 Å². The van der Waals surface area contributed by atoms with Crippen LogP contribution in [0.5, 0.6) is 0 Å². The summed E-state index contributed by atoms with van der Waals surface area (Å²) in [4.78, 5) is 1.28. The Morgan fingerprint density at radius 2 is 2.21 bits per heavy atom. The molecular formula is C11H15BrOS. The second kappa shape index (κ2) is 4.77. The van der Waals surface area contributed by atoms with Crippen LogP contribution in [0.2, 0.25) is 0 Å². The van der Waals surface area contributed by atoms with Gasteiger partial charge in [0.05, 0.1) is 6.10 Å². The molecule has 1 atom stereocenters. The fourth-order valence-electron chi connectivity index (χ4n) is 2.17. The summed E-state index contributed by atoms with van der Waals surface area (Å²) in [6, 6.07) is 2.06. The third kappa shape index (κ3) is 2.38. The maximum Gasteiger partial charge on any atom is 0.0616 e. The van der Waals surface area contributed by atoms with Crippen molar-refractivity contribution < 1.29 is 5.11 Å². The molecule has 0 aliphatic heterocycles. The van der Waals surface area contributed by atoms with Crippen LogP contribution < -0.4 is 0 Å². The molecule has 0 bridgehead atoms. The average molecular weight is 275 g/mol. The molecule has 1 heterocycles. The van der Waals surface area contributed by atoms with Crippen LogP contribution >= 0.6 is 27.3 Å². The van der Waals surface area contributed by atoms with Crippen LogP contribution in [0.1, 0.15) is 30.6 Å². The second-order valence-corrected chi connectivity index (χ2v) is 5.86. The van der Waals surface area contributed by atoms with Crippen molar-refractivity contribution in [3.8, 4) is 0 Å². The fraction of sp³-hybridized carbons (Fsp3) is 0.636. The molecule has 1 unspecified atom stereocenters. The molecule has 0 spiro atoms. The van der Waals surface area contributed by atoms with Gasteiger partial charge in [-0.1, -0.05) is 12.8 Å². The minimum atomic E-state index is -0.132. The molecular weight excluding hydrogens is 260 g/mol. The van der Waals surface area contributed by atoms with E-state index in [0.717, 1.165) is 10.9 Å². The van der Waals surface area contributed by atoms with Crippen molar-refractivity contribution in [3.05, 3.63) is 20.8 Å². The van der Waals surface area contributed by atoms with E-state index in [4.69, 9.17) is 0 Å². The van der Waals surface area contributed by atoms with Gasteiger partial charge >= 0.3 is 0 Å². The molecule has 0 aromatic carbocycles. The fourth-order valence-corrected chi connectivity index (χ4v) is 3.73. The zero-order chi connectivity index (χ0) is 9.97. The van der Waals surface area contributed by atoms with Crippen LogP contribution in [0.4, 0.5) is 0 Å². The summed E-state index contributed by atoms with van der Waals surface area (Å²) >= 11 is 5.23. The highest BCUT2D eigenvalue weighted by Crippen LogP contribution is 2.31. The number of rotatable bonds is 3. The number of aliphatic hydroxyl groups excluding tert-OH is 1. The van der Waals surface area contributed by atoms with Crippen LogP contribution in [0.25, 0.3) is 0 Å². The Hall–Kier alpha value is 0.140. The maximum atomic E-state index is 10.0. The summed E-state index contributed by atoms with van der Waals surface area (Å²) in [6.07, 6.45) is 5.71. The third-order valence-electron chi connectivity index (χ3n) is 3.03. The molecule has 1 nitrogen and oxygen atoms in total. The molecule has 1 fully saturated rings. The highest BCUT2D eigenvalue weighted by atomic mass is 79.9. The lowest BCUT2D eigenvalue weighted by Crippen LogP contribution is -2.19. The molecule has 3 heteroatoms. The Morgan fingerprint density at radius 1 is 1.50 bits per heavy atom. The summed E-state index contributed by atoms with van der Waals surface area (Å²) in [5, 5.41) is 12.1. The molecule has 1 aromatic heterocycles. The van der Waals surface area contributed by atoms with E-state index in [1.165, 1.54) is 30.6 Å². The van der Waals surface area contributed by atoms with Gasteiger partial charge in [-0.15, -0.1) is 11.3 Å². The van der Waals surface area contributed by atoms with Crippen molar-refractivity contribution in [1.82, 2.24) is 0 Å². The Bertz CT molecular complexity index is 291. The van der Waals surface area contributed by atoms with Gasteiger partial charge < -0.3 is 5.11 Å². The Labute approximate surface area is 97.3 Å². The number of thiophene rings is 1. The van der Waals surface area contributed by atoms with Gasteiger partial charge in [-0.25, -0.2) is 0 Å². The highest BCUT2D eigenvalue weighted by Gasteiger charge is 2.23. The molecule has 0 saturated heterocycles. The van der Waals surface area contributed by atoms with Crippen molar-refractivity contribution in [2.75, 3.05) is 0 Å². The summed E-state index contributed by atoms with van der Waals surface area (Å²) in [7, 11) is 0. The molecule has 14 heavy (non-hydrogen) atoms. The Balaban J connectivity index is 1.93. The molecule has 2 rings (SSSR count). The van der Waals surface area contributed by atoms with Crippen molar-refractivity contribution in [2.45, 2.75) is 38.2 Å². The normalized spacial score (nSPS) is 20.1. The van der Waals surface area contributed by atoms with Gasteiger partial charge in [0.15, 0.2) is 0 Å². The zero-order valence-corrected chi connectivity index (χ0v) is 10.5. The topological polar surface area (TPSA) is 20.2 Å². The van der Waals surface area contributed by atoms with Gasteiger partial charge in [-0.05, 0) is 46.1 Å². The predicted molar refractivity (Wildman–Crippen MR) is 63.7 cm³/mol. The van der Waals surface area contributed by atoms with E-state index in [-0.39, 0.29) is 6.10 Å². The van der Waals surface area contributed by atoms with E-state index in [9.17, 15) is 5.11 Å². The third-order valence-corrected chi connectivity index (χ3v) is 4.98. The minimum absolute atomic E-state index is 0.132. The van der Waals surface area contributed by atoms with E-state index in [1.807, 2.05) is 0 Å². The number of hydrogen-bond donors (Lipinski definition) is 1. The summed E-state index contributed by atoms with van der Waals surface area (Å²) < 4.78 is 1.15. The largest absolute Gasteiger partial charge is 0.392 e. The quantitative estimate of drug-likeness (QED) is 0.893. The zero-order valence-electron chi connectivity index (χ0n) is 8.08. The van der Waals surface area contributed by atoms with Gasteiger partial charge in [0.25, 0.3) is 0 Å². The van der Waals surface area contributed by atoms with Gasteiger partial charge in [0.2, 0.25) is 0 Å². The summed E-state index contributed by atoms with van der Waals surface area (Å²) in [6.45, 7) is 0. The van der Waals surface area contributed by atoms with Crippen LogP contribution in [0.15, 0.2) is 15.9 Å². The first kappa shape index (κ1) is 10.7. The monoisotopic (exact) mass is 274 g/mol. The summed E-state index contributed by atoms with van der Waals surface area (Å²) in [5.74, 6) is 0.545. The van der Waals surface area contributed by atoms with Gasteiger partial charge in [-0.2, -0.15) is 0 Å². The molecule has 78 valence electrons. The van der Waals surface area contributed by atoms with E-state index in [2.05, 4.69) is 27.4 Å². The lowest BCUT2D eigenvalue weighted by molar-refractivity contribution is 0.111. The van der Waals surface area contributed by atoms with Crippen molar-refractivity contribution in [1.29, 1.82) is 0 Å². The maximum absolute atomic E-state index is 10.0. The highest BCUT2D eigenvalue weighted by molar-refractivity contribution is 9.10. The van der Waals surface area contributed by atoms with E-state index < -0.39 is 0 Å². The molecule has 1 aliphatic carbocycles. The van der Waals surface area contributed by atoms with E-state index >= 15 is 0 Å². The number of aliphatic hydroxyl groups is 1. The predicted octanol–water partition coefficient (Wildman–Crippen LogP) is 3.60. The van der Waals surface area contributed by atoms with Crippen molar-refractivity contribution in [3.63, 3.8) is 0 Å². The van der Waals surface area contributed by atoms with Crippen molar-refractivity contribution >= 4 is 27.3 Å². The van der Waals surface area contributed by atoms with Gasteiger partial charge in [0.1, 0.15) is 0 Å². The van der Waals surface area contributed by atoms with Crippen LogP contribution in [0, 0.1) is 5.92 Å². The standard InChI is InChI=1S/C11H15BrOS/c12-9-5-6-14-11(9)7-10(13)8-3-1-2-4-8/h5-6,8,10,13H,1-4,7H2. The first-order chi connectivity index (χ1) is 6.77. The van der Waals surface area contributed by atoms with E-state index in [0.29, 0.717) is 5.92 Å². The molecule has 1 aromatic rings. The first-order valence-electron chi connectivity index (χ1n) is 5.17. The average Bonchev–Trinajstić information content (AvgIpc) is 2.77. The SMILES string of the molecule is OC(Cc1sccc1Br)C1CCCC1. The molecule has 0 radical (unpaired) electrons. The molecule has 1 saturated carbocycles. The minimum Gasteiger partial charge on any atom is -0.392 e.